The predicted octanol–water partition coefficient (Wildman–Crippen LogP) is 3.12. The van der Waals surface area contributed by atoms with E-state index >= 15 is 0 Å². The van der Waals surface area contributed by atoms with E-state index in [9.17, 15) is 0 Å². The van der Waals surface area contributed by atoms with Crippen LogP contribution in [0.4, 0.5) is 5.69 Å². The monoisotopic (exact) mass is 349 g/mol. The third-order valence-corrected chi connectivity index (χ3v) is 4.34. The largest absolute Gasteiger partial charge is 0.493 e. The van der Waals surface area contributed by atoms with Crippen molar-refractivity contribution in [1.82, 2.24) is 0 Å². The number of nitrogens with zero attached hydrogens (tertiary/aromatic N) is 1. The summed E-state index contributed by atoms with van der Waals surface area (Å²) in [5.74, 6) is 4.06. The van der Waals surface area contributed by atoms with Crippen molar-refractivity contribution in [2.75, 3.05) is 19.0 Å². The molecule has 0 aromatic heterocycles. The Morgan fingerprint density at radius 2 is 2.04 bits per heavy atom. The first-order valence-corrected chi connectivity index (χ1v) is 8.61. The lowest BCUT2D eigenvalue weighted by atomic mass is 10.1. The Kier molecular flexibility index (Phi) is 5.65. The Balaban J connectivity index is 1.66. The van der Waals surface area contributed by atoms with E-state index in [1.54, 1.807) is 7.11 Å². The summed E-state index contributed by atoms with van der Waals surface area (Å²) < 4.78 is 10.8. The van der Waals surface area contributed by atoms with E-state index in [2.05, 4.69) is 28.4 Å². The number of guanidine groups is 1. The normalized spacial score (nSPS) is 13.0. The SMILES string of the molecule is C#CCOc1cc(CN=C(N)Nc2ccc3c(c2)CCC3)ccc1OC. The maximum absolute atomic E-state index is 6.03. The average Bonchev–Trinajstić information content (AvgIpc) is 3.12. The van der Waals surface area contributed by atoms with Crippen LogP contribution in [-0.4, -0.2) is 19.7 Å². The van der Waals surface area contributed by atoms with Crippen LogP contribution in [0.3, 0.4) is 0 Å². The summed E-state index contributed by atoms with van der Waals surface area (Å²) in [5, 5.41) is 3.16. The van der Waals surface area contributed by atoms with E-state index in [4.69, 9.17) is 21.6 Å². The molecular weight excluding hydrogens is 326 g/mol. The molecule has 0 heterocycles. The number of ether oxygens (including phenoxy) is 2. The van der Waals surface area contributed by atoms with Gasteiger partial charge in [-0.05, 0) is 60.2 Å². The molecule has 5 nitrogen and oxygen atoms in total. The maximum atomic E-state index is 6.03. The van der Waals surface area contributed by atoms with Crippen molar-refractivity contribution in [2.24, 2.45) is 10.7 Å². The Bertz CT molecular complexity index is 853. The average molecular weight is 349 g/mol. The van der Waals surface area contributed by atoms with Crippen LogP contribution in [-0.2, 0) is 19.4 Å². The van der Waals surface area contributed by atoms with E-state index in [0.717, 1.165) is 17.7 Å². The zero-order valence-electron chi connectivity index (χ0n) is 14.9. The van der Waals surface area contributed by atoms with Gasteiger partial charge in [-0.3, -0.25) is 0 Å². The molecule has 2 aromatic rings. The van der Waals surface area contributed by atoms with E-state index in [1.165, 1.54) is 24.0 Å². The first-order chi connectivity index (χ1) is 12.7. The summed E-state index contributed by atoms with van der Waals surface area (Å²) in [6.07, 6.45) is 8.78. The summed E-state index contributed by atoms with van der Waals surface area (Å²) in [4.78, 5) is 4.41. The molecule has 3 N–H and O–H groups in total. The molecule has 2 aromatic carbocycles. The second kappa shape index (κ2) is 8.30. The summed E-state index contributed by atoms with van der Waals surface area (Å²) in [7, 11) is 1.59. The highest BCUT2D eigenvalue weighted by Crippen LogP contribution is 2.28. The third-order valence-electron chi connectivity index (χ3n) is 4.34. The Morgan fingerprint density at radius 1 is 1.19 bits per heavy atom. The lowest BCUT2D eigenvalue weighted by molar-refractivity contribution is 0.330. The fraction of sp³-hybridized carbons (Fsp3) is 0.286. The molecule has 134 valence electrons. The van der Waals surface area contributed by atoms with Crippen LogP contribution in [0, 0.1) is 12.3 Å². The molecule has 0 spiro atoms. The van der Waals surface area contributed by atoms with Gasteiger partial charge in [0, 0.05) is 5.69 Å². The van der Waals surface area contributed by atoms with Crippen molar-refractivity contribution in [3.8, 4) is 23.8 Å². The topological polar surface area (TPSA) is 68.9 Å². The lowest BCUT2D eigenvalue weighted by Gasteiger charge is -2.11. The van der Waals surface area contributed by atoms with Gasteiger partial charge in [-0.1, -0.05) is 18.1 Å². The summed E-state index contributed by atoms with van der Waals surface area (Å²) in [6, 6.07) is 12.0. The Labute approximate surface area is 154 Å². The summed E-state index contributed by atoms with van der Waals surface area (Å²) in [5.41, 5.74) is 10.8. The van der Waals surface area contributed by atoms with Crippen molar-refractivity contribution in [1.29, 1.82) is 0 Å². The molecule has 1 aliphatic carbocycles. The van der Waals surface area contributed by atoms with Gasteiger partial charge < -0.3 is 20.5 Å². The molecule has 0 radical (unpaired) electrons. The first-order valence-electron chi connectivity index (χ1n) is 8.61. The van der Waals surface area contributed by atoms with Gasteiger partial charge >= 0.3 is 0 Å². The van der Waals surface area contributed by atoms with Crippen LogP contribution in [0.2, 0.25) is 0 Å². The lowest BCUT2D eigenvalue weighted by Crippen LogP contribution is -2.22. The number of hydrogen-bond donors (Lipinski definition) is 2. The van der Waals surface area contributed by atoms with Crippen LogP contribution >= 0.6 is 0 Å². The van der Waals surface area contributed by atoms with Crippen molar-refractivity contribution in [3.05, 3.63) is 53.1 Å². The van der Waals surface area contributed by atoms with Crippen LogP contribution in [0.1, 0.15) is 23.1 Å². The molecule has 0 saturated heterocycles. The van der Waals surface area contributed by atoms with Crippen molar-refractivity contribution in [2.45, 2.75) is 25.8 Å². The van der Waals surface area contributed by atoms with Crippen molar-refractivity contribution >= 4 is 11.6 Å². The van der Waals surface area contributed by atoms with E-state index in [0.29, 0.717) is 24.0 Å². The molecule has 0 saturated carbocycles. The second-order valence-corrected chi connectivity index (χ2v) is 6.14. The second-order valence-electron chi connectivity index (χ2n) is 6.14. The van der Waals surface area contributed by atoms with Gasteiger partial charge in [0.05, 0.1) is 13.7 Å². The zero-order chi connectivity index (χ0) is 18.4. The standard InChI is InChI=1S/C21H23N3O2/c1-3-11-26-20-12-15(7-10-19(20)25-2)14-23-21(22)24-18-9-8-16-5-4-6-17(16)13-18/h1,7-10,12-13H,4-6,11,14H2,2H3,(H3,22,23,24). The number of rotatable bonds is 6. The number of hydrogen-bond acceptors (Lipinski definition) is 3. The smallest absolute Gasteiger partial charge is 0.193 e. The molecule has 5 heteroatoms. The van der Waals surface area contributed by atoms with Gasteiger partial charge in [-0.25, -0.2) is 4.99 Å². The fourth-order valence-corrected chi connectivity index (χ4v) is 3.07. The van der Waals surface area contributed by atoms with Gasteiger partial charge in [0.25, 0.3) is 0 Å². The molecular formula is C21H23N3O2. The Morgan fingerprint density at radius 3 is 2.85 bits per heavy atom. The van der Waals surface area contributed by atoms with Gasteiger partial charge in [-0.15, -0.1) is 6.42 Å². The van der Waals surface area contributed by atoms with Crippen LogP contribution in [0.25, 0.3) is 0 Å². The number of fused-ring (bicyclic) bond motifs is 1. The van der Waals surface area contributed by atoms with Gasteiger partial charge in [-0.2, -0.15) is 0 Å². The number of nitrogens with one attached hydrogen (secondary N) is 1. The van der Waals surface area contributed by atoms with E-state index < -0.39 is 0 Å². The fourth-order valence-electron chi connectivity index (χ4n) is 3.07. The third kappa shape index (κ3) is 4.28. The number of methoxy groups -OCH3 is 1. The molecule has 0 aliphatic heterocycles. The molecule has 3 rings (SSSR count). The number of terminal acetylenes is 1. The highest BCUT2D eigenvalue weighted by molar-refractivity contribution is 5.92. The molecule has 0 unspecified atom stereocenters. The minimum atomic E-state index is 0.186. The number of nitrogens with two attached hydrogens (primary N) is 1. The minimum absolute atomic E-state index is 0.186. The first kappa shape index (κ1) is 17.7. The van der Waals surface area contributed by atoms with Gasteiger partial charge in [0.2, 0.25) is 0 Å². The van der Waals surface area contributed by atoms with Crippen LogP contribution in [0.15, 0.2) is 41.4 Å². The van der Waals surface area contributed by atoms with Gasteiger partial charge in [0.15, 0.2) is 17.5 Å². The summed E-state index contributed by atoms with van der Waals surface area (Å²) >= 11 is 0. The quantitative estimate of drug-likeness (QED) is 0.478. The van der Waals surface area contributed by atoms with Crippen LogP contribution < -0.4 is 20.5 Å². The zero-order valence-corrected chi connectivity index (χ0v) is 14.9. The molecule has 0 fully saturated rings. The number of aliphatic imine (C=N–C) groups is 1. The summed E-state index contributed by atoms with van der Waals surface area (Å²) in [6.45, 7) is 0.616. The van der Waals surface area contributed by atoms with Crippen molar-refractivity contribution < 1.29 is 9.47 Å². The molecule has 1 aliphatic rings. The van der Waals surface area contributed by atoms with Gasteiger partial charge in [0.1, 0.15) is 6.61 Å². The molecule has 0 amide bonds. The maximum Gasteiger partial charge on any atom is 0.193 e. The van der Waals surface area contributed by atoms with E-state index in [1.807, 2.05) is 24.3 Å². The highest BCUT2D eigenvalue weighted by Gasteiger charge is 2.11. The predicted molar refractivity (Wildman–Crippen MR) is 105 cm³/mol. The van der Waals surface area contributed by atoms with E-state index in [-0.39, 0.29) is 6.61 Å². The van der Waals surface area contributed by atoms with Crippen LogP contribution in [0.5, 0.6) is 11.5 Å². The molecule has 0 bridgehead atoms. The number of benzene rings is 2. The number of anilines is 1. The van der Waals surface area contributed by atoms with Crippen molar-refractivity contribution in [3.63, 3.8) is 0 Å². The minimum Gasteiger partial charge on any atom is -0.493 e. The molecule has 26 heavy (non-hydrogen) atoms. The molecule has 0 atom stereocenters. The highest BCUT2D eigenvalue weighted by atomic mass is 16.5. The Hall–Kier alpha value is -3.13. The number of aryl methyl sites for hydroxylation is 2.